The van der Waals surface area contributed by atoms with Crippen LogP contribution in [0.5, 0.6) is 0 Å². The van der Waals surface area contributed by atoms with E-state index < -0.39 is 23.2 Å². The molecular weight excluding hydrogens is 438 g/mol. The lowest BCUT2D eigenvalue weighted by molar-refractivity contribution is 0.193. The first kappa shape index (κ1) is 22.2. The van der Waals surface area contributed by atoms with E-state index in [-0.39, 0.29) is 17.2 Å². The zero-order valence-corrected chi connectivity index (χ0v) is 19.1. The number of nitrogens with zero attached hydrogens (tertiary/aromatic N) is 6. The van der Waals surface area contributed by atoms with Gasteiger partial charge < -0.3 is 5.11 Å². The first-order chi connectivity index (χ1) is 16.3. The Morgan fingerprint density at radius 3 is 2.62 bits per heavy atom. The zero-order valence-electron chi connectivity index (χ0n) is 19.1. The average molecular weight is 463 g/mol. The Balaban J connectivity index is 1.58. The molecule has 0 amide bonds. The number of fused-ring (bicyclic) bond motifs is 1. The second-order valence-electron chi connectivity index (χ2n) is 8.87. The average Bonchev–Trinajstić information content (AvgIpc) is 3.43. The molecule has 9 heteroatoms. The minimum Gasteiger partial charge on any atom is -0.387 e. The number of rotatable bonds is 5. The lowest BCUT2D eigenvalue weighted by atomic mass is 9.82. The molecule has 1 unspecified atom stereocenters. The molecule has 0 bridgehead atoms. The van der Waals surface area contributed by atoms with Gasteiger partial charge in [0.25, 0.3) is 5.95 Å². The van der Waals surface area contributed by atoms with Crippen molar-refractivity contribution in [3.05, 3.63) is 83.1 Å². The topological polar surface area (TPSA) is 89.6 Å². The van der Waals surface area contributed by atoms with Gasteiger partial charge in [-0.15, -0.1) is 5.10 Å². The summed E-state index contributed by atoms with van der Waals surface area (Å²) in [7, 11) is 0. The summed E-state index contributed by atoms with van der Waals surface area (Å²) in [5.74, 6) is -0.822. The molecule has 0 aliphatic heterocycles. The van der Waals surface area contributed by atoms with E-state index in [0.29, 0.717) is 11.6 Å². The zero-order chi connectivity index (χ0) is 24.0. The number of aromatic nitrogens is 6. The lowest BCUT2D eigenvalue weighted by Gasteiger charge is -2.24. The van der Waals surface area contributed by atoms with Crippen LogP contribution in [0.1, 0.15) is 68.3 Å². The number of hydrogen-bond acceptors (Lipinski definition) is 6. The summed E-state index contributed by atoms with van der Waals surface area (Å²) in [5, 5.41) is 22.8. The maximum Gasteiger partial charge on any atom is 0.250 e. The molecule has 7 nitrogen and oxygen atoms in total. The van der Waals surface area contributed by atoms with Gasteiger partial charge in [-0.1, -0.05) is 13.0 Å². The standard InChI is InChI=1S/C25H24F2N6O/c1-4-15-13-25(3,21-8-10-28-24(29-21)33-11-9-19(32-33)14(2)34)23-16(15)12-20(30-31-23)22-17(26)6-5-7-18(22)27/h5-12,14-15,34H,4,13H2,1-3H3/t14-,15-,25?/m1/s1. The van der Waals surface area contributed by atoms with Crippen LogP contribution < -0.4 is 0 Å². The first-order valence-electron chi connectivity index (χ1n) is 11.2. The fourth-order valence-corrected chi connectivity index (χ4v) is 4.74. The van der Waals surface area contributed by atoms with Crippen molar-refractivity contribution in [3.63, 3.8) is 0 Å². The normalized spacial score (nSPS) is 20.4. The molecule has 1 aliphatic rings. The molecule has 0 fully saturated rings. The van der Waals surface area contributed by atoms with Crippen LogP contribution in [-0.4, -0.2) is 35.1 Å². The fourth-order valence-electron chi connectivity index (χ4n) is 4.74. The second-order valence-corrected chi connectivity index (χ2v) is 8.87. The van der Waals surface area contributed by atoms with Crippen LogP contribution in [-0.2, 0) is 5.41 Å². The van der Waals surface area contributed by atoms with Crippen molar-refractivity contribution in [1.82, 2.24) is 29.9 Å². The Morgan fingerprint density at radius 2 is 1.94 bits per heavy atom. The van der Waals surface area contributed by atoms with Crippen LogP contribution in [0, 0.1) is 11.6 Å². The number of hydrogen-bond donors (Lipinski definition) is 1. The Hall–Kier alpha value is -3.59. The summed E-state index contributed by atoms with van der Waals surface area (Å²) in [6, 6.07) is 9.08. The van der Waals surface area contributed by atoms with E-state index in [1.54, 1.807) is 31.5 Å². The molecule has 0 radical (unpaired) electrons. The van der Waals surface area contributed by atoms with Gasteiger partial charge in [-0.25, -0.2) is 23.4 Å². The number of aliphatic hydroxyl groups is 1. The molecule has 5 rings (SSSR count). The van der Waals surface area contributed by atoms with Crippen molar-refractivity contribution in [2.45, 2.75) is 51.0 Å². The predicted octanol–water partition coefficient (Wildman–Crippen LogP) is 4.65. The largest absolute Gasteiger partial charge is 0.387 e. The van der Waals surface area contributed by atoms with Crippen molar-refractivity contribution in [1.29, 1.82) is 0 Å². The summed E-state index contributed by atoms with van der Waals surface area (Å²) in [5.41, 5.74) is 2.40. The highest BCUT2D eigenvalue weighted by Crippen LogP contribution is 2.50. The van der Waals surface area contributed by atoms with E-state index in [1.807, 2.05) is 6.07 Å². The van der Waals surface area contributed by atoms with Crippen LogP contribution in [0.2, 0.25) is 0 Å². The maximum absolute atomic E-state index is 14.4. The maximum atomic E-state index is 14.4. The molecule has 3 atom stereocenters. The van der Waals surface area contributed by atoms with Crippen molar-refractivity contribution in [2.24, 2.45) is 0 Å². The van der Waals surface area contributed by atoms with Crippen LogP contribution in [0.3, 0.4) is 0 Å². The Bertz CT molecular complexity index is 1350. The number of aliphatic hydroxyl groups excluding tert-OH is 1. The summed E-state index contributed by atoms with van der Waals surface area (Å²) < 4.78 is 30.3. The van der Waals surface area contributed by atoms with E-state index in [4.69, 9.17) is 4.98 Å². The van der Waals surface area contributed by atoms with Gasteiger partial charge in [0, 0.05) is 12.4 Å². The summed E-state index contributed by atoms with van der Waals surface area (Å²) >= 11 is 0. The van der Waals surface area contributed by atoms with Gasteiger partial charge in [-0.05, 0) is 68.5 Å². The van der Waals surface area contributed by atoms with Gasteiger partial charge in [-0.2, -0.15) is 10.2 Å². The molecule has 1 N–H and O–H groups in total. The van der Waals surface area contributed by atoms with E-state index in [1.165, 1.54) is 22.9 Å². The third kappa shape index (κ3) is 3.56. The molecule has 0 saturated carbocycles. The van der Waals surface area contributed by atoms with Crippen molar-refractivity contribution in [3.8, 4) is 17.2 Å². The molecule has 174 valence electrons. The van der Waals surface area contributed by atoms with E-state index in [2.05, 4.69) is 34.1 Å². The van der Waals surface area contributed by atoms with Crippen LogP contribution in [0.4, 0.5) is 8.78 Å². The smallest absolute Gasteiger partial charge is 0.250 e. The minimum atomic E-state index is -0.697. The van der Waals surface area contributed by atoms with Crippen molar-refractivity contribution >= 4 is 0 Å². The quantitative estimate of drug-likeness (QED) is 0.464. The molecule has 3 aromatic heterocycles. The third-order valence-electron chi connectivity index (χ3n) is 6.60. The lowest BCUT2D eigenvalue weighted by Crippen LogP contribution is -2.24. The highest BCUT2D eigenvalue weighted by Gasteiger charge is 2.44. The molecule has 3 heterocycles. The highest BCUT2D eigenvalue weighted by molar-refractivity contribution is 5.62. The van der Waals surface area contributed by atoms with Gasteiger partial charge in [0.2, 0.25) is 0 Å². The molecule has 4 aromatic rings. The monoisotopic (exact) mass is 462 g/mol. The van der Waals surface area contributed by atoms with Gasteiger partial charge in [0.05, 0.1) is 39.9 Å². The third-order valence-corrected chi connectivity index (χ3v) is 6.60. The van der Waals surface area contributed by atoms with Gasteiger partial charge in [0.15, 0.2) is 0 Å². The van der Waals surface area contributed by atoms with Crippen LogP contribution >= 0.6 is 0 Å². The van der Waals surface area contributed by atoms with E-state index >= 15 is 0 Å². The van der Waals surface area contributed by atoms with Gasteiger partial charge >= 0.3 is 0 Å². The van der Waals surface area contributed by atoms with Crippen molar-refractivity contribution in [2.75, 3.05) is 0 Å². The van der Waals surface area contributed by atoms with Crippen LogP contribution in [0.25, 0.3) is 17.2 Å². The summed E-state index contributed by atoms with van der Waals surface area (Å²) in [4.78, 5) is 9.11. The van der Waals surface area contributed by atoms with Gasteiger partial charge in [0.1, 0.15) is 11.6 Å². The molecule has 34 heavy (non-hydrogen) atoms. The van der Waals surface area contributed by atoms with E-state index in [9.17, 15) is 13.9 Å². The molecule has 0 saturated heterocycles. The molecule has 1 aromatic carbocycles. The Labute approximate surface area is 195 Å². The highest BCUT2D eigenvalue weighted by atomic mass is 19.1. The van der Waals surface area contributed by atoms with Gasteiger partial charge in [-0.3, -0.25) is 0 Å². The predicted molar refractivity (Wildman–Crippen MR) is 121 cm³/mol. The minimum absolute atomic E-state index is 0.133. The Morgan fingerprint density at radius 1 is 1.18 bits per heavy atom. The molecule has 0 spiro atoms. The fraction of sp³-hybridized carbons (Fsp3) is 0.320. The van der Waals surface area contributed by atoms with Crippen LogP contribution in [0.15, 0.2) is 48.8 Å². The molecular formula is C25H24F2N6O. The second kappa shape index (κ2) is 8.32. The summed E-state index contributed by atoms with van der Waals surface area (Å²) in [6.45, 7) is 5.78. The Kier molecular flexibility index (Phi) is 5.44. The number of benzene rings is 1. The first-order valence-corrected chi connectivity index (χ1v) is 11.2. The summed E-state index contributed by atoms with van der Waals surface area (Å²) in [6.07, 6.45) is 4.24. The van der Waals surface area contributed by atoms with E-state index in [0.717, 1.165) is 29.8 Å². The SMILES string of the molecule is CC[C@@H]1CC(C)(c2ccnc(-n3ccc([C@@H](C)O)n3)n2)c2nnc(-c3c(F)cccc3F)cc21. The molecule has 1 aliphatic carbocycles. The number of halogens is 2. The van der Waals surface area contributed by atoms with Crippen molar-refractivity contribution < 1.29 is 13.9 Å².